The van der Waals surface area contributed by atoms with Gasteiger partial charge in [0.2, 0.25) is 5.91 Å². The minimum absolute atomic E-state index is 0.0430. The lowest BCUT2D eigenvalue weighted by Gasteiger charge is -2.47. The number of aliphatic carboxylic acids is 1. The van der Waals surface area contributed by atoms with Gasteiger partial charge in [0.15, 0.2) is 0 Å². The average Bonchev–Trinajstić information content (AvgIpc) is 2.46. The van der Waals surface area contributed by atoms with Gasteiger partial charge in [-0.2, -0.15) is 13.2 Å². The number of nitro groups is 1. The van der Waals surface area contributed by atoms with Gasteiger partial charge >= 0.3 is 12.1 Å². The third-order valence-electron chi connectivity index (χ3n) is 3.54. The number of carbonyl (C=O) groups is 2. The molecule has 4 rings (SSSR count). The van der Waals surface area contributed by atoms with Gasteiger partial charge < -0.3 is 15.3 Å². The number of carboxylic acid groups (broad SMARTS) is 1. The molecular formula is C13H12F3N3O5. The molecule has 8 nitrogen and oxygen atoms in total. The fourth-order valence-corrected chi connectivity index (χ4v) is 2.33. The number of alkyl halides is 3. The van der Waals surface area contributed by atoms with Crippen molar-refractivity contribution in [2.45, 2.75) is 24.7 Å². The van der Waals surface area contributed by atoms with Crippen LogP contribution in [0.3, 0.4) is 0 Å². The number of benzene rings is 1. The number of carboxylic acids is 1. The first kappa shape index (κ1) is 17.7. The van der Waals surface area contributed by atoms with E-state index in [0.717, 1.165) is 12.1 Å². The van der Waals surface area contributed by atoms with E-state index in [0.29, 0.717) is 12.6 Å². The Hall–Kier alpha value is -2.69. The predicted octanol–water partition coefficient (Wildman–Crippen LogP) is 1.31. The summed E-state index contributed by atoms with van der Waals surface area (Å²) in [5.41, 5.74) is 0.776. The Morgan fingerprint density at radius 1 is 1.33 bits per heavy atom. The number of amides is 1. The summed E-state index contributed by atoms with van der Waals surface area (Å²) >= 11 is 0. The van der Waals surface area contributed by atoms with E-state index in [4.69, 9.17) is 9.90 Å². The average molecular weight is 347 g/mol. The van der Waals surface area contributed by atoms with E-state index in [1.165, 1.54) is 12.1 Å². The number of nitrogens with zero attached hydrogens (tertiary/aromatic N) is 2. The second-order valence-electron chi connectivity index (χ2n) is 5.18. The Balaban J connectivity index is 0.000000256. The van der Waals surface area contributed by atoms with E-state index in [-0.39, 0.29) is 17.6 Å². The highest BCUT2D eigenvalue weighted by atomic mass is 19.4. The summed E-state index contributed by atoms with van der Waals surface area (Å²) in [6.07, 6.45) is -4.18. The molecule has 0 spiro atoms. The number of nitrogens with one attached hydrogen (secondary N) is 1. The highest BCUT2D eigenvalue weighted by Gasteiger charge is 2.43. The van der Waals surface area contributed by atoms with E-state index in [9.17, 15) is 28.1 Å². The molecule has 0 aromatic heterocycles. The summed E-state index contributed by atoms with van der Waals surface area (Å²) in [6, 6.07) is 6.41. The number of halogens is 3. The second kappa shape index (κ2) is 6.43. The van der Waals surface area contributed by atoms with Crippen LogP contribution < -0.4 is 10.2 Å². The van der Waals surface area contributed by atoms with Crippen LogP contribution in [0.25, 0.3) is 0 Å². The van der Waals surface area contributed by atoms with Crippen molar-refractivity contribution in [2.24, 2.45) is 0 Å². The van der Waals surface area contributed by atoms with E-state index in [1.807, 2.05) is 0 Å². The van der Waals surface area contributed by atoms with Gasteiger partial charge in [-0.05, 0) is 18.6 Å². The second-order valence-corrected chi connectivity index (χ2v) is 5.18. The summed E-state index contributed by atoms with van der Waals surface area (Å²) in [5.74, 6) is -2.70. The van der Waals surface area contributed by atoms with Crippen LogP contribution >= 0.6 is 0 Å². The number of piperidine rings is 1. The number of fused-ring (bicyclic) bond motifs is 2. The number of hydrogen-bond acceptors (Lipinski definition) is 5. The molecule has 0 aliphatic carbocycles. The van der Waals surface area contributed by atoms with Crippen molar-refractivity contribution < 1.29 is 32.8 Å². The Bertz CT molecular complexity index is 656. The Morgan fingerprint density at radius 3 is 2.21 bits per heavy atom. The highest BCUT2D eigenvalue weighted by molar-refractivity contribution is 5.99. The van der Waals surface area contributed by atoms with Crippen molar-refractivity contribution in [3.05, 3.63) is 34.4 Å². The Labute approximate surface area is 133 Å². The first-order chi connectivity index (χ1) is 11.1. The quantitative estimate of drug-likeness (QED) is 0.616. The van der Waals surface area contributed by atoms with Crippen molar-refractivity contribution in [1.29, 1.82) is 0 Å². The molecule has 0 saturated carbocycles. The third-order valence-corrected chi connectivity index (χ3v) is 3.54. The number of carbonyl (C=O) groups excluding carboxylic acids is 1. The van der Waals surface area contributed by atoms with E-state index < -0.39 is 17.1 Å². The highest BCUT2D eigenvalue weighted by Crippen LogP contribution is 2.28. The first-order valence-electron chi connectivity index (χ1n) is 6.71. The van der Waals surface area contributed by atoms with Gasteiger partial charge in [-0.3, -0.25) is 14.9 Å². The molecule has 2 unspecified atom stereocenters. The van der Waals surface area contributed by atoms with Gasteiger partial charge in [-0.1, -0.05) is 0 Å². The van der Waals surface area contributed by atoms with Crippen LogP contribution in [0.5, 0.6) is 0 Å². The predicted molar refractivity (Wildman–Crippen MR) is 74.5 cm³/mol. The normalized spacial score (nSPS) is 22.1. The first-order valence-corrected chi connectivity index (χ1v) is 6.71. The van der Waals surface area contributed by atoms with Crippen LogP contribution in [0.1, 0.15) is 6.42 Å². The summed E-state index contributed by atoms with van der Waals surface area (Å²) in [6.45, 7) is 0.646. The van der Waals surface area contributed by atoms with Crippen LogP contribution in [0.15, 0.2) is 24.3 Å². The van der Waals surface area contributed by atoms with Gasteiger partial charge in [0.05, 0.1) is 11.0 Å². The third kappa shape index (κ3) is 3.79. The van der Waals surface area contributed by atoms with Gasteiger partial charge in [-0.25, -0.2) is 4.79 Å². The fraction of sp³-hybridized carbons (Fsp3) is 0.385. The van der Waals surface area contributed by atoms with Crippen LogP contribution in [-0.4, -0.2) is 46.7 Å². The van der Waals surface area contributed by atoms with Crippen LogP contribution in [0, 0.1) is 10.1 Å². The number of piperazine rings is 1. The molecule has 3 saturated heterocycles. The van der Waals surface area contributed by atoms with Crippen molar-refractivity contribution >= 4 is 23.3 Å². The van der Waals surface area contributed by atoms with Crippen molar-refractivity contribution in [1.82, 2.24) is 5.32 Å². The van der Waals surface area contributed by atoms with Gasteiger partial charge in [-0.15, -0.1) is 0 Å². The van der Waals surface area contributed by atoms with Crippen molar-refractivity contribution in [3.63, 3.8) is 0 Å². The lowest BCUT2D eigenvalue weighted by atomic mass is 9.90. The number of hydrogen-bond donors (Lipinski definition) is 2. The molecule has 1 amide bonds. The molecule has 3 fully saturated rings. The zero-order valence-corrected chi connectivity index (χ0v) is 12.0. The molecule has 130 valence electrons. The summed E-state index contributed by atoms with van der Waals surface area (Å²) in [7, 11) is 0. The maximum absolute atomic E-state index is 11.9. The van der Waals surface area contributed by atoms with Crippen LogP contribution in [0.2, 0.25) is 0 Å². The summed E-state index contributed by atoms with van der Waals surface area (Å²) < 4.78 is 31.7. The number of anilines is 1. The largest absolute Gasteiger partial charge is 0.490 e. The maximum atomic E-state index is 11.9. The van der Waals surface area contributed by atoms with Crippen LogP contribution in [0.4, 0.5) is 24.5 Å². The zero-order chi connectivity index (χ0) is 18.1. The summed E-state index contributed by atoms with van der Waals surface area (Å²) in [5, 5.41) is 20.8. The SMILES string of the molecule is O=C(O)C(F)(F)F.O=C1C2CC(CN1c1ccc([N+](=O)[O-])cc1)N2. The molecule has 1 aromatic rings. The molecular weight excluding hydrogens is 335 g/mol. The number of nitro benzene ring substituents is 1. The van der Waals surface area contributed by atoms with Crippen molar-refractivity contribution in [2.75, 3.05) is 11.4 Å². The molecule has 0 radical (unpaired) electrons. The maximum Gasteiger partial charge on any atom is 0.490 e. The molecule has 1 aromatic carbocycles. The lowest BCUT2D eigenvalue weighted by molar-refractivity contribution is -0.384. The minimum atomic E-state index is -5.08. The molecule has 2 bridgehead atoms. The zero-order valence-electron chi connectivity index (χ0n) is 12.0. The van der Waals surface area contributed by atoms with E-state index in [1.54, 1.807) is 17.0 Å². The Morgan fingerprint density at radius 2 is 1.83 bits per heavy atom. The fourth-order valence-electron chi connectivity index (χ4n) is 2.33. The molecule has 11 heteroatoms. The summed E-state index contributed by atoms with van der Waals surface area (Å²) in [4.78, 5) is 32.6. The monoisotopic (exact) mass is 347 g/mol. The molecule has 3 heterocycles. The molecule has 3 aliphatic rings. The molecule has 24 heavy (non-hydrogen) atoms. The Kier molecular flexibility index (Phi) is 4.73. The van der Waals surface area contributed by atoms with E-state index in [2.05, 4.69) is 5.32 Å². The smallest absolute Gasteiger partial charge is 0.475 e. The van der Waals surface area contributed by atoms with Crippen molar-refractivity contribution in [3.8, 4) is 0 Å². The standard InChI is InChI=1S/C11H11N3O3.C2HF3O2/c15-11-10-5-7(12-10)6-13(11)8-1-3-9(4-2-8)14(16)17;3-2(4,5)1(6)7/h1-4,7,10,12H,5-6H2;(H,6,7). The van der Waals surface area contributed by atoms with E-state index >= 15 is 0 Å². The van der Waals surface area contributed by atoms with Crippen LogP contribution in [-0.2, 0) is 9.59 Å². The van der Waals surface area contributed by atoms with Gasteiger partial charge in [0, 0.05) is 30.4 Å². The van der Waals surface area contributed by atoms with Gasteiger partial charge in [0.1, 0.15) is 0 Å². The molecule has 2 N–H and O–H groups in total. The molecule has 3 aliphatic heterocycles. The minimum Gasteiger partial charge on any atom is -0.475 e. The topological polar surface area (TPSA) is 113 Å². The number of rotatable bonds is 2. The number of non-ortho nitro benzene ring substituents is 1. The lowest BCUT2D eigenvalue weighted by Crippen LogP contribution is -2.70. The molecule has 2 atom stereocenters. The van der Waals surface area contributed by atoms with Gasteiger partial charge in [0.25, 0.3) is 5.69 Å².